The van der Waals surface area contributed by atoms with Crippen LogP contribution in [0.5, 0.6) is 5.75 Å². The van der Waals surface area contributed by atoms with Crippen molar-refractivity contribution in [1.82, 2.24) is 10.0 Å². The second kappa shape index (κ2) is 11.0. The second-order valence-electron chi connectivity index (χ2n) is 8.46. The molecule has 0 aromatic heterocycles. The minimum absolute atomic E-state index is 0.177. The first-order chi connectivity index (χ1) is 17.2. The molecule has 0 bridgehead atoms. The molecule has 0 saturated carbocycles. The maximum atomic E-state index is 13.5. The Morgan fingerprint density at radius 1 is 1.06 bits per heavy atom. The monoisotopic (exact) mass is 527 g/mol. The van der Waals surface area contributed by atoms with E-state index in [9.17, 15) is 18.0 Å². The molecule has 0 unspecified atom stereocenters. The van der Waals surface area contributed by atoms with Gasteiger partial charge in [-0.3, -0.25) is 4.79 Å². The summed E-state index contributed by atoms with van der Waals surface area (Å²) in [7, 11) is -2.45. The summed E-state index contributed by atoms with van der Waals surface area (Å²) in [5, 5.41) is 2.83. The highest BCUT2D eigenvalue weighted by molar-refractivity contribution is 7.89. The quantitative estimate of drug-likeness (QED) is 0.465. The molecule has 0 saturated heterocycles. The summed E-state index contributed by atoms with van der Waals surface area (Å²) < 4.78 is 32.7. The van der Waals surface area contributed by atoms with Crippen molar-refractivity contribution in [2.45, 2.75) is 24.6 Å². The number of halogens is 1. The van der Waals surface area contributed by atoms with Gasteiger partial charge in [0.05, 0.1) is 12.4 Å². The number of sulfonamides is 1. The van der Waals surface area contributed by atoms with Crippen LogP contribution in [-0.2, 0) is 33.4 Å². The number of carbonyl (C=O) groups excluding carboxylic acids is 2. The minimum Gasteiger partial charge on any atom is -0.493 e. The summed E-state index contributed by atoms with van der Waals surface area (Å²) in [4.78, 5) is 27.6. The van der Waals surface area contributed by atoms with Gasteiger partial charge in [0.2, 0.25) is 15.9 Å². The number of amides is 3. The van der Waals surface area contributed by atoms with Gasteiger partial charge in [-0.05, 0) is 41.0 Å². The molecule has 1 aliphatic heterocycles. The van der Waals surface area contributed by atoms with Gasteiger partial charge in [-0.1, -0.05) is 60.1 Å². The summed E-state index contributed by atoms with van der Waals surface area (Å²) in [6.07, 6.45) is 0.929. The van der Waals surface area contributed by atoms with Crippen molar-refractivity contribution in [2.24, 2.45) is 0 Å². The number of rotatable bonds is 8. The number of anilines is 1. The molecule has 0 fully saturated rings. The number of ether oxygens (including phenoxy) is 1. The second-order valence-corrected chi connectivity index (χ2v) is 10.6. The molecule has 8 nitrogen and oxygen atoms in total. The van der Waals surface area contributed by atoms with Crippen molar-refractivity contribution in [2.75, 3.05) is 18.6 Å². The molecule has 3 aromatic rings. The van der Waals surface area contributed by atoms with Crippen LogP contribution >= 0.6 is 11.6 Å². The normalized spacial score (nSPS) is 13.3. The van der Waals surface area contributed by atoms with E-state index in [1.807, 2.05) is 47.2 Å². The standard InChI is InChI=1S/C26H26ClN3O5S/c1-30(21-11-12-24-19(16-21)13-14-35-24)25(31)23(15-18-7-3-2-4-8-18)28-26(32)29-36(33,34)17-20-9-5-6-10-22(20)27/h2-12,16,23H,13-15,17H2,1H3,(H2,28,29,32)/t23-/m0/s1. The highest BCUT2D eigenvalue weighted by Gasteiger charge is 2.28. The van der Waals surface area contributed by atoms with Gasteiger partial charge < -0.3 is 15.0 Å². The molecular formula is C26H26ClN3O5S. The molecule has 2 N–H and O–H groups in total. The summed E-state index contributed by atoms with van der Waals surface area (Å²) >= 11 is 6.06. The third-order valence-corrected chi connectivity index (χ3v) is 7.38. The number of carbonyl (C=O) groups is 2. The Hall–Kier alpha value is -3.56. The van der Waals surface area contributed by atoms with Crippen LogP contribution in [0.25, 0.3) is 0 Å². The first kappa shape index (κ1) is 25.5. The molecule has 0 radical (unpaired) electrons. The van der Waals surface area contributed by atoms with E-state index in [1.165, 1.54) is 4.90 Å². The zero-order chi connectivity index (χ0) is 25.7. The Labute approximate surface area is 215 Å². The number of likely N-dealkylation sites (N-methyl/N-ethyl adjacent to an activating group) is 1. The maximum Gasteiger partial charge on any atom is 0.329 e. The third-order valence-electron chi connectivity index (χ3n) is 5.83. The van der Waals surface area contributed by atoms with Crippen molar-refractivity contribution in [3.63, 3.8) is 0 Å². The molecule has 4 rings (SSSR count). The Morgan fingerprint density at radius 2 is 1.78 bits per heavy atom. The van der Waals surface area contributed by atoms with Gasteiger partial charge >= 0.3 is 6.03 Å². The average molecular weight is 528 g/mol. The summed E-state index contributed by atoms with van der Waals surface area (Å²) in [5.41, 5.74) is 2.82. The van der Waals surface area contributed by atoms with Crippen molar-refractivity contribution in [3.05, 3.63) is 94.5 Å². The third kappa shape index (κ3) is 6.35. The zero-order valence-electron chi connectivity index (χ0n) is 19.6. The number of hydrogen-bond acceptors (Lipinski definition) is 5. The smallest absolute Gasteiger partial charge is 0.329 e. The Balaban J connectivity index is 1.50. The zero-order valence-corrected chi connectivity index (χ0v) is 21.2. The molecule has 1 heterocycles. The Bertz CT molecular complexity index is 1370. The highest BCUT2D eigenvalue weighted by atomic mass is 35.5. The van der Waals surface area contributed by atoms with E-state index in [1.54, 1.807) is 37.4 Å². The summed E-state index contributed by atoms with van der Waals surface area (Å²) in [5.74, 6) is -0.0767. The van der Waals surface area contributed by atoms with Gasteiger partial charge in [0.1, 0.15) is 11.8 Å². The lowest BCUT2D eigenvalue weighted by Crippen LogP contribution is -2.52. The lowest BCUT2D eigenvalue weighted by molar-refractivity contribution is -0.120. The van der Waals surface area contributed by atoms with Gasteiger partial charge in [0.15, 0.2) is 0 Å². The van der Waals surface area contributed by atoms with E-state index in [0.29, 0.717) is 17.9 Å². The van der Waals surface area contributed by atoms with Gasteiger partial charge in [0.25, 0.3) is 0 Å². The molecule has 3 aromatic carbocycles. The average Bonchev–Trinajstić information content (AvgIpc) is 3.32. The van der Waals surface area contributed by atoms with Gasteiger partial charge in [0, 0.05) is 30.6 Å². The van der Waals surface area contributed by atoms with Crippen LogP contribution in [0.3, 0.4) is 0 Å². The van der Waals surface area contributed by atoms with Crippen molar-refractivity contribution in [3.8, 4) is 5.75 Å². The van der Waals surface area contributed by atoms with Crippen LogP contribution < -0.4 is 19.7 Å². The van der Waals surface area contributed by atoms with Crippen LogP contribution in [0.15, 0.2) is 72.8 Å². The van der Waals surface area contributed by atoms with E-state index in [-0.39, 0.29) is 11.4 Å². The van der Waals surface area contributed by atoms with Crippen LogP contribution in [0, 0.1) is 0 Å². The Kier molecular flexibility index (Phi) is 7.81. The Morgan fingerprint density at radius 3 is 2.53 bits per heavy atom. The van der Waals surface area contributed by atoms with Gasteiger partial charge in [-0.15, -0.1) is 0 Å². The molecule has 36 heavy (non-hydrogen) atoms. The lowest BCUT2D eigenvalue weighted by Gasteiger charge is -2.25. The van der Waals surface area contributed by atoms with E-state index < -0.39 is 33.8 Å². The first-order valence-corrected chi connectivity index (χ1v) is 13.4. The molecule has 0 spiro atoms. The predicted molar refractivity (Wildman–Crippen MR) is 139 cm³/mol. The molecule has 10 heteroatoms. The van der Waals surface area contributed by atoms with Gasteiger partial charge in [-0.2, -0.15) is 0 Å². The fourth-order valence-corrected chi connectivity index (χ4v) is 5.33. The largest absolute Gasteiger partial charge is 0.493 e. The molecule has 0 aliphatic carbocycles. The van der Waals surface area contributed by atoms with E-state index >= 15 is 0 Å². The maximum absolute atomic E-state index is 13.5. The predicted octanol–water partition coefficient (Wildman–Crippen LogP) is 3.68. The molecule has 1 aliphatic rings. The molecule has 188 valence electrons. The van der Waals surface area contributed by atoms with Gasteiger partial charge in [-0.25, -0.2) is 17.9 Å². The van der Waals surface area contributed by atoms with Crippen LogP contribution in [-0.4, -0.2) is 40.1 Å². The molecule has 3 amide bonds. The SMILES string of the molecule is CN(C(=O)[C@H](Cc1ccccc1)NC(=O)NS(=O)(=O)Cc1ccccc1Cl)c1ccc2c(c1)CCO2. The number of hydrogen-bond donors (Lipinski definition) is 2. The summed E-state index contributed by atoms with van der Waals surface area (Å²) in [6, 6.07) is 19.1. The summed E-state index contributed by atoms with van der Waals surface area (Å²) in [6.45, 7) is 0.595. The number of urea groups is 1. The van der Waals surface area contributed by atoms with Crippen molar-refractivity contribution >= 4 is 39.2 Å². The number of nitrogens with one attached hydrogen (secondary N) is 2. The van der Waals surface area contributed by atoms with Crippen molar-refractivity contribution in [1.29, 1.82) is 0 Å². The first-order valence-electron chi connectivity index (χ1n) is 11.3. The van der Waals surface area contributed by atoms with Crippen molar-refractivity contribution < 1.29 is 22.7 Å². The highest BCUT2D eigenvalue weighted by Crippen LogP contribution is 2.29. The molecular weight excluding hydrogens is 502 g/mol. The van der Waals surface area contributed by atoms with E-state index in [4.69, 9.17) is 16.3 Å². The minimum atomic E-state index is -4.07. The fourth-order valence-electron chi connectivity index (χ4n) is 3.98. The lowest BCUT2D eigenvalue weighted by atomic mass is 10.0. The topological polar surface area (TPSA) is 105 Å². The van der Waals surface area contributed by atoms with Crippen LogP contribution in [0.2, 0.25) is 5.02 Å². The van der Waals surface area contributed by atoms with E-state index in [2.05, 4.69) is 5.32 Å². The number of benzene rings is 3. The number of fused-ring (bicyclic) bond motifs is 1. The van der Waals surface area contributed by atoms with Crippen LogP contribution in [0.1, 0.15) is 16.7 Å². The van der Waals surface area contributed by atoms with Crippen LogP contribution in [0.4, 0.5) is 10.5 Å². The van der Waals surface area contributed by atoms with E-state index in [0.717, 1.165) is 23.3 Å². The number of nitrogens with zero attached hydrogens (tertiary/aromatic N) is 1. The fraction of sp³-hybridized carbons (Fsp3) is 0.231. The molecule has 1 atom stereocenters.